The number of nitrogens with zero attached hydrogens (tertiary/aromatic N) is 2. The van der Waals surface area contributed by atoms with Gasteiger partial charge in [0.15, 0.2) is 0 Å². The van der Waals surface area contributed by atoms with E-state index in [1.165, 1.54) is 18.3 Å². The average Bonchev–Trinajstić information content (AvgIpc) is 2.80. The molecule has 7 heteroatoms. The van der Waals surface area contributed by atoms with Crippen molar-refractivity contribution < 1.29 is 18.3 Å². The van der Waals surface area contributed by atoms with Crippen molar-refractivity contribution in [3.05, 3.63) is 83.6 Å². The summed E-state index contributed by atoms with van der Waals surface area (Å²) >= 11 is 0. The van der Waals surface area contributed by atoms with Gasteiger partial charge in [-0.15, -0.1) is 0 Å². The maximum atomic E-state index is 13.7. The van der Waals surface area contributed by atoms with E-state index in [0.717, 1.165) is 18.1 Å². The van der Waals surface area contributed by atoms with Crippen LogP contribution in [0.25, 0.3) is 11.1 Å². The lowest BCUT2D eigenvalue weighted by Gasteiger charge is -2.37. The fraction of sp³-hybridized carbons (Fsp3) is 0.280. The summed E-state index contributed by atoms with van der Waals surface area (Å²) in [5, 5.41) is 0. The monoisotopic (exact) mass is 437 g/mol. The Kier molecular flexibility index (Phi) is 6.46. The van der Waals surface area contributed by atoms with E-state index in [-0.39, 0.29) is 18.1 Å². The van der Waals surface area contributed by atoms with Gasteiger partial charge in [-0.05, 0) is 66.8 Å². The van der Waals surface area contributed by atoms with E-state index >= 15 is 0 Å². The molecule has 2 N–H and O–H groups in total. The Balaban J connectivity index is 1.54. The van der Waals surface area contributed by atoms with Gasteiger partial charge in [0.1, 0.15) is 17.5 Å². The summed E-state index contributed by atoms with van der Waals surface area (Å²) < 4.78 is 33.4. The Morgan fingerprint density at radius 1 is 1.12 bits per heavy atom. The third-order valence-electron chi connectivity index (χ3n) is 5.79. The van der Waals surface area contributed by atoms with Crippen molar-refractivity contribution in [1.82, 2.24) is 9.88 Å². The molecule has 3 aromatic rings. The molecule has 0 saturated carbocycles. The number of aromatic nitrogens is 1. The summed E-state index contributed by atoms with van der Waals surface area (Å²) in [6.45, 7) is 3.02. The van der Waals surface area contributed by atoms with Crippen molar-refractivity contribution in [2.45, 2.75) is 31.9 Å². The van der Waals surface area contributed by atoms with E-state index in [1.54, 1.807) is 12.1 Å². The number of pyridine rings is 1. The zero-order valence-corrected chi connectivity index (χ0v) is 17.8. The topological polar surface area (TPSA) is 68.5 Å². The van der Waals surface area contributed by atoms with Crippen molar-refractivity contribution >= 4 is 11.7 Å². The molecule has 0 bridgehead atoms. The second kappa shape index (κ2) is 9.44. The Labute approximate surface area is 185 Å². The molecule has 0 aliphatic carbocycles. The third-order valence-corrected chi connectivity index (χ3v) is 5.79. The van der Waals surface area contributed by atoms with Gasteiger partial charge in [0, 0.05) is 31.5 Å². The molecule has 1 fully saturated rings. The van der Waals surface area contributed by atoms with Gasteiger partial charge in [0.05, 0.1) is 11.7 Å². The summed E-state index contributed by atoms with van der Waals surface area (Å²) in [5.74, 6) is -0.953. The molecule has 0 radical (unpaired) electrons. The lowest BCUT2D eigenvalue weighted by atomic mass is 9.93. The summed E-state index contributed by atoms with van der Waals surface area (Å²) in [7, 11) is 0. The second-order valence-electron chi connectivity index (χ2n) is 7.88. The number of amides is 1. The minimum atomic E-state index is -0.617. The van der Waals surface area contributed by atoms with Gasteiger partial charge in [0.2, 0.25) is 0 Å². The first kappa shape index (κ1) is 21.9. The van der Waals surface area contributed by atoms with Gasteiger partial charge in [-0.25, -0.2) is 13.8 Å². The van der Waals surface area contributed by atoms with Crippen LogP contribution in [0.5, 0.6) is 0 Å². The molecule has 1 aliphatic rings. The average molecular weight is 437 g/mol. The van der Waals surface area contributed by atoms with Gasteiger partial charge in [-0.2, -0.15) is 0 Å². The van der Waals surface area contributed by atoms with E-state index in [0.29, 0.717) is 42.1 Å². The first-order valence-electron chi connectivity index (χ1n) is 10.6. The molecular formula is C25H25F2N3O2. The second-order valence-corrected chi connectivity index (χ2v) is 7.88. The van der Waals surface area contributed by atoms with Crippen LogP contribution in [0.15, 0.2) is 60.8 Å². The molecule has 0 unspecified atom stereocenters. The molecule has 0 spiro atoms. The number of nitrogen functional groups attached to an aromatic ring is 1. The van der Waals surface area contributed by atoms with E-state index in [2.05, 4.69) is 4.98 Å². The van der Waals surface area contributed by atoms with Crippen molar-refractivity contribution in [2.75, 3.05) is 18.9 Å². The lowest BCUT2D eigenvalue weighted by molar-refractivity contribution is -0.0231. The van der Waals surface area contributed by atoms with Gasteiger partial charge >= 0.3 is 0 Å². The predicted molar refractivity (Wildman–Crippen MR) is 119 cm³/mol. The molecule has 5 nitrogen and oxygen atoms in total. The minimum Gasteiger partial charge on any atom is -0.384 e. The molecule has 2 aromatic carbocycles. The minimum absolute atomic E-state index is 0.000858. The highest BCUT2D eigenvalue weighted by Crippen LogP contribution is 2.33. The molecule has 32 heavy (non-hydrogen) atoms. The van der Waals surface area contributed by atoms with E-state index in [4.69, 9.17) is 10.5 Å². The Hall–Kier alpha value is -3.32. The van der Waals surface area contributed by atoms with Gasteiger partial charge < -0.3 is 15.4 Å². The van der Waals surface area contributed by atoms with Crippen molar-refractivity contribution in [3.63, 3.8) is 0 Å². The first-order valence-corrected chi connectivity index (χ1v) is 10.6. The molecule has 2 atom stereocenters. The molecule has 166 valence electrons. The smallest absolute Gasteiger partial charge is 0.255 e. The van der Waals surface area contributed by atoms with Gasteiger partial charge in [-0.3, -0.25) is 4.79 Å². The number of nitrogens with two attached hydrogens (primary N) is 1. The standard InChI is InChI=1S/C25H25F2N3O2/c1-2-30(25(31)18-6-7-24(28)29-15-18)22-8-9-32-23(14-22)17-5-3-4-16(10-17)19-11-20(26)13-21(27)12-19/h3-7,10-13,15,22-23H,2,8-9,14H2,1H3,(H2,28,29)/t22-,23+/m0/s1. The van der Waals surface area contributed by atoms with Crippen LogP contribution >= 0.6 is 0 Å². The van der Waals surface area contributed by atoms with Crippen molar-refractivity contribution in [1.29, 1.82) is 0 Å². The van der Waals surface area contributed by atoms with E-state index < -0.39 is 11.6 Å². The van der Waals surface area contributed by atoms with Crippen LogP contribution in [0.4, 0.5) is 14.6 Å². The highest BCUT2D eigenvalue weighted by Gasteiger charge is 2.31. The lowest BCUT2D eigenvalue weighted by Crippen LogP contribution is -2.44. The molecule has 1 saturated heterocycles. The van der Waals surface area contributed by atoms with Gasteiger partial charge in [-0.1, -0.05) is 18.2 Å². The number of ether oxygens (including phenoxy) is 1. The molecule has 2 heterocycles. The Bertz CT molecular complexity index is 1080. The largest absolute Gasteiger partial charge is 0.384 e. The summed E-state index contributed by atoms with van der Waals surface area (Å²) in [6, 6.07) is 14.3. The normalized spacial score (nSPS) is 18.3. The summed E-state index contributed by atoms with van der Waals surface area (Å²) in [6.07, 6.45) is 2.63. The number of hydrogen-bond acceptors (Lipinski definition) is 4. The number of rotatable bonds is 5. The highest BCUT2D eigenvalue weighted by molar-refractivity contribution is 5.94. The van der Waals surface area contributed by atoms with Crippen LogP contribution in [-0.2, 0) is 4.74 Å². The fourth-order valence-electron chi connectivity index (χ4n) is 4.20. The van der Waals surface area contributed by atoms with Crippen LogP contribution in [0, 0.1) is 11.6 Å². The molecule has 1 aliphatic heterocycles. The molecule has 1 amide bonds. The Morgan fingerprint density at radius 2 is 1.91 bits per heavy atom. The zero-order valence-electron chi connectivity index (χ0n) is 17.8. The zero-order chi connectivity index (χ0) is 22.7. The number of halogens is 2. The van der Waals surface area contributed by atoms with E-state index in [1.807, 2.05) is 36.1 Å². The highest BCUT2D eigenvalue weighted by atomic mass is 19.1. The van der Waals surface area contributed by atoms with E-state index in [9.17, 15) is 13.6 Å². The van der Waals surface area contributed by atoms with Crippen molar-refractivity contribution in [3.8, 4) is 11.1 Å². The SMILES string of the molecule is CCN(C(=O)c1ccc(N)nc1)[C@H]1CCO[C@@H](c2cccc(-c3cc(F)cc(F)c3)c2)C1. The van der Waals surface area contributed by atoms with Crippen LogP contribution in [0.3, 0.4) is 0 Å². The quantitative estimate of drug-likeness (QED) is 0.611. The third kappa shape index (κ3) is 4.78. The fourth-order valence-corrected chi connectivity index (χ4v) is 4.20. The first-order chi connectivity index (χ1) is 15.4. The van der Waals surface area contributed by atoms with Gasteiger partial charge in [0.25, 0.3) is 5.91 Å². The maximum absolute atomic E-state index is 13.7. The molecular weight excluding hydrogens is 412 g/mol. The van der Waals surface area contributed by atoms with Crippen LogP contribution < -0.4 is 5.73 Å². The van der Waals surface area contributed by atoms with Crippen LogP contribution in [0.1, 0.15) is 41.8 Å². The van der Waals surface area contributed by atoms with Crippen LogP contribution in [-0.4, -0.2) is 35.0 Å². The summed E-state index contributed by atoms with van der Waals surface area (Å²) in [4.78, 5) is 18.9. The number of carbonyl (C=O) groups is 1. The molecule has 4 rings (SSSR count). The Morgan fingerprint density at radius 3 is 2.59 bits per heavy atom. The number of benzene rings is 2. The van der Waals surface area contributed by atoms with Crippen molar-refractivity contribution in [2.24, 2.45) is 0 Å². The maximum Gasteiger partial charge on any atom is 0.255 e. The number of hydrogen-bond donors (Lipinski definition) is 1. The number of carbonyl (C=O) groups excluding carboxylic acids is 1. The summed E-state index contributed by atoms with van der Waals surface area (Å²) in [5.41, 5.74) is 8.23. The predicted octanol–water partition coefficient (Wildman–Crippen LogP) is 4.99. The molecule has 1 aromatic heterocycles. The number of anilines is 1. The van der Waals surface area contributed by atoms with Crippen LogP contribution in [0.2, 0.25) is 0 Å².